The molecule has 1 unspecified atom stereocenters. The monoisotopic (exact) mass is 408 g/mol. The van der Waals surface area contributed by atoms with Gasteiger partial charge in [0.1, 0.15) is 0 Å². The zero-order chi connectivity index (χ0) is 21.5. The van der Waals surface area contributed by atoms with E-state index in [1.807, 2.05) is 0 Å². The normalized spacial score (nSPS) is 19.4. The standard InChI is InChI=1S/C20H16N4O6/c25-17(8-9-18(26)27)23-20(14-6-1-2-7-15(14)21-19(20)28)11-16(22-23)12-4-3-5-13(10-12)24(29)30/h1-7,10H,8-9,11H2,(H,21,28)(H,26,27). The second kappa shape index (κ2) is 7.07. The number of carbonyl (C=O) groups excluding carboxylic acids is 2. The van der Waals surface area contributed by atoms with Gasteiger partial charge in [-0.15, -0.1) is 0 Å². The summed E-state index contributed by atoms with van der Waals surface area (Å²) in [5.41, 5.74) is 0.211. The molecule has 2 aromatic carbocycles. The lowest BCUT2D eigenvalue weighted by Crippen LogP contribution is -2.48. The Balaban J connectivity index is 1.80. The Morgan fingerprint density at radius 2 is 1.97 bits per heavy atom. The first kappa shape index (κ1) is 19.2. The average molecular weight is 408 g/mol. The molecule has 10 nitrogen and oxygen atoms in total. The Morgan fingerprint density at radius 3 is 2.70 bits per heavy atom. The molecule has 0 aliphatic carbocycles. The van der Waals surface area contributed by atoms with Crippen molar-refractivity contribution in [1.82, 2.24) is 5.01 Å². The van der Waals surface area contributed by atoms with Crippen molar-refractivity contribution in [2.45, 2.75) is 24.8 Å². The summed E-state index contributed by atoms with van der Waals surface area (Å²) in [4.78, 5) is 47.5. The number of para-hydroxylation sites is 1. The molecular formula is C20H16N4O6. The number of anilines is 1. The van der Waals surface area contributed by atoms with Crippen LogP contribution in [0.3, 0.4) is 0 Å². The van der Waals surface area contributed by atoms with Crippen LogP contribution in [0.4, 0.5) is 11.4 Å². The molecule has 4 rings (SSSR count). The highest BCUT2D eigenvalue weighted by Gasteiger charge is 2.57. The lowest BCUT2D eigenvalue weighted by Gasteiger charge is -2.30. The van der Waals surface area contributed by atoms with Crippen LogP contribution in [-0.4, -0.2) is 38.5 Å². The van der Waals surface area contributed by atoms with Gasteiger partial charge in [-0.05, 0) is 6.07 Å². The van der Waals surface area contributed by atoms with Crippen LogP contribution in [0, 0.1) is 10.1 Å². The Kier molecular flexibility index (Phi) is 4.53. The summed E-state index contributed by atoms with van der Waals surface area (Å²) in [5.74, 6) is -2.23. The maximum atomic E-state index is 13.1. The summed E-state index contributed by atoms with van der Waals surface area (Å²) in [5, 5.41) is 28.2. The zero-order valence-electron chi connectivity index (χ0n) is 15.6. The fraction of sp³-hybridized carbons (Fsp3) is 0.200. The second-order valence-corrected chi connectivity index (χ2v) is 6.99. The minimum atomic E-state index is -1.47. The number of hydrogen-bond donors (Lipinski definition) is 2. The molecule has 10 heteroatoms. The number of carboxylic acids is 1. The number of aliphatic carboxylic acids is 1. The van der Waals surface area contributed by atoms with Gasteiger partial charge >= 0.3 is 5.97 Å². The minimum absolute atomic E-state index is 0.00975. The van der Waals surface area contributed by atoms with Gasteiger partial charge in [-0.2, -0.15) is 5.10 Å². The summed E-state index contributed by atoms with van der Waals surface area (Å²) in [6.07, 6.45) is -0.732. The van der Waals surface area contributed by atoms with Gasteiger partial charge in [-0.25, -0.2) is 5.01 Å². The van der Waals surface area contributed by atoms with E-state index in [1.165, 1.54) is 18.2 Å². The number of fused-ring (bicyclic) bond motifs is 2. The molecule has 2 aromatic rings. The zero-order valence-corrected chi connectivity index (χ0v) is 15.6. The number of nitro benzene ring substituents is 1. The number of hydrogen-bond acceptors (Lipinski definition) is 6. The molecule has 30 heavy (non-hydrogen) atoms. The van der Waals surface area contributed by atoms with Crippen molar-refractivity contribution in [3.05, 3.63) is 69.8 Å². The highest BCUT2D eigenvalue weighted by atomic mass is 16.6. The number of nitrogens with zero attached hydrogens (tertiary/aromatic N) is 3. The number of benzene rings is 2. The molecule has 2 N–H and O–H groups in total. The predicted molar refractivity (Wildman–Crippen MR) is 105 cm³/mol. The van der Waals surface area contributed by atoms with E-state index in [-0.39, 0.29) is 18.5 Å². The topological polar surface area (TPSA) is 142 Å². The van der Waals surface area contributed by atoms with E-state index >= 15 is 0 Å². The second-order valence-electron chi connectivity index (χ2n) is 6.99. The van der Waals surface area contributed by atoms with Crippen LogP contribution in [0.25, 0.3) is 0 Å². The molecule has 2 amide bonds. The van der Waals surface area contributed by atoms with E-state index in [0.717, 1.165) is 5.01 Å². The maximum Gasteiger partial charge on any atom is 0.303 e. The Bertz CT molecular complexity index is 1130. The first-order valence-corrected chi connectivity index (χ1v) is 9.11. The molecule has 1 spiro atoms. The molecular weight excluding hydrogens is 392 g/mol. The molecule has 0 bridgehead atoms. The minimum Gasteiger partial charge on any atom is -0.481 e. The van der Waals surface area contributed by atoms with Gasteiger partial charge in [0.25, 0.3) is 11.6 Å². The van der Waals surface area contributed by atoms with Crippen LogP contribution in [0.2, 0.25) is 0 Å². The molecule has 2 heterocycles. The summed E-state index contributed by atoms with van der Waals surface area (Å²) in [6, 6.07) is 12.7. The molecule has 2 aliphatic heterocycles. The third-order valence-corrected chi connectivity index (χ3v) is 5.18. The van der Waals surface area contributed by atoms with Gasteiger partial charge in [-0.3, -0.25) is 24.5 Å². The van der Waals surface area contributed by atoms with Gasteiger partial charge in [0.15, 0.2) is 5.54 Å². The van der Waals surface area contributed by atoms with Crippen molar-refractivity contribution in [2.75, 3.05) is 5.32 Å². The smallest absolute Gasteiger partial charge is 0.303 e. The fourth-order valence-electron chi connectivity index (χ4n) is 3.79. The molecule has 0 saturated heterocycles. The van der Waals surface area contributed by atoms with Crippen molar-refractivity contribution in [3.8, 4) is 0 Å². The summed E-state index contributed by atoms with van der Waals surface area (Å²) < 4.78 is 0. The van der Waals surface area contributed by atoms with Crippen molar-refractivity contribution in [3.63, 3.8) is 0 Å². The molecule has 0 radical (unpaired) electrons. The van der Waals surface area contributed by atoms with Crippen molar-refractivity contribution >= 4 is 34.9 Å². The third-order valence-electron chi connectivity index (χ3n) is 5.18. The van der Waals surface area contributed by atoms with E-state index < -0.39 is 34.7 Å². The van der Waals surface area contributed by atoms with E-state index in [1.54, 1.807) is 30.3 Å². The Morgan fingerprint density at radius 1 is 1.20 bits per heavy atom. The van der Waals surface area contributed by atoms with Crippen molar-refractivity contribution in [1.29, 1.82) is 0 Å². The molecule has 2 aliphatic rings. The largest absolute Gasteiger partial charge is 0.481 e. The molecule has 0 fully saturated rings. The molecule has 1 atom stereocenters. The maximum absolute atomic E-state index is 13.1. The van der Waals surface area contributed by atoms with Crippen LogP contribution >= 0.6 is 0 Å². The lowest BCUT2D eigenvalue weighted by molar-refractivity contribution is -0.384. The highest BCUT2D eigenvalue weighted by Crippen LogP contribution is 2.47. The summed E-state index contributed by atoms with van der Waals surface area (Å²) in [7, 11) is 0. The lowest BCUT2D eigenvalue weighted by atomic mass is 9.84. The van der Waals surface area contributed by atoms with Gasteiger partial charge in [0, 0.05) is 41.8 Å². The third kappa shape index (κ3) is 2.98. The van der Waals surface area contributed by atoms with Crippen LogP contribution in [0.5, 0.6) is 0 Å². The van der Waals surface area contributed by atoms with Crippen LogP contribution in [0.15, 0.2) is 53.6 Å². The number of carboxylic acid groups (broad SMARTS) is 1. The number of amides is 2. The van der Waals surface area contributed by atoms with Crippen molar-refractivity contribution < 1.29 is 24.4 Å². The van der Waals surface area contributed by atoms with Gasteiger partial charge < -0.3 is 10.4 Å². The summed E-state index contributed by atoms with van der Waals surface area (Å²) in [6.45, 7) is 0. The van der Waals surface area contributed by atoms with Gasteiger partial charge in [0.05, 0.1) is 17.1 Å². The van der Waals surface area contributed by atoms with Crippen molar-refractivity contribution in [2.24, 2.45) is 5.10 Å². The van der Waals surface area contributed by atoms with Gasteiger partial charge in [0.2, 0.25) is 5.91 Å². The average Bonchev–Trinajstić information content (AvgIpc) is 3.26. The van der Waals surface area contributed by atoms with Crippen LogP contribution in [0.1, 0.15) is 30.4 Å². The summed E-state index contributed by atoms with van der Waals surface area (Å²) >= 11 is 0. The van der Waals surface area contributed by atoms with E-state index in [2.05, 4.69) is 10.4 Å². The number of hydrazone groups is 1. The SMILES string of the molecule is O=C(O)CCC(=O)N1N=C(c2cccc([N+](=O)[O-])c2)CC12C(=O)Nc1ccccc12. The number of non-ortho nitro benzene ring substituents is 1. The fourth-order valence-corrected chi connectivity index (χ4v) is 3.79. The van der Waals surface area contributed by atoms with E-state index in [9.17, 15) is 24.5 Å². The predicted octanol–water partition coefficient (Wildman–Crippen LogP) is 2.24. The first-order valence-electron chi connectivity index (χ1n) is 9.11. The highest BCUT2D eigenvalue weighted by molar-refractivity contribution is 6.15. The molecule has 152 valence electrons. The van der Waals surface area contributed by atoms with Crippen LogP contribution in [-0.2, 0) is 19.9 Å². The van der Waals surface area contributed by atoms with Gasteiger partial charge in [-0.1, -0.05) is 30.3 Å². The quantitative estimate of drug-likeness (QED) is 0.574. The number of rotatable bonds is 5. The molecule has 0 saturated carbocycles. The first-order chi connectivity index (χ1) is 14.3. The Labute approximate surface area is 170 Å². The molecule has 0 aromatic heterocycles. The van der Waals surface area contributed by atoms with E-state index in [0.29, 0.717) is 22.5 Å². The van der Waals surface area contributed by atoms with Crippen LogP contribution < -0.4 is 5.32 Å². The Hall–Kier alpha value is -4.08. The number of nitro groups is 1. The number of carbonyl (C=O) groups is 3. The van der Waals surface area contributed by atoms with E-state index in [4.69, 9.17) is 5.11 Å². The number of nitrogens with one attached hydrogen (secondary N) is 1.